The summed E-state index contributed by atoms with van der Waals surface area (Å²) in [6.45, 7) is 6.31. The van der Waals surface area contributed by atoms with E-state index in [-0.39, 0.29) is 0 Å². The Morgan fingerprint density at radius 1 is 0.909 bits per heavy atom. The standard InChI is InChI=1S/C28H28ClN3S/c1-21-14-15-22(2)27(17-21)30-28(33)32(18-23-9-4-3-5-10-23)20-25-12-8-16-31(25)19-24-11-6-7-13-26(24)29/h3-17H,18-20H2,1-2H3,(H,30,33). The van der Waals surface area contributed by atoms with E-state index in [1.54, 1.807) is 0 Å². The fourth-order valence-corrected chi connectivity index (χ4v) is 4.26. The van der Waals surface area contributed by atoms with E-state index in [2.05, 4.69) is 95.5 Å². The summed E-state index contributed by atoms with van der Waals surface area (Å²) in [5.74, 6) is 0. The highest BCUT2D eigenvalue weighted by atomic mass is 35.5. The largest absolute Gasteiger partial charge is 0.345 e. The van der Waals surface area contributed by atoms with Gasteiger partial charge in [0.25, 0.3) is 0 Å². The van der Waals surface area contributed by atoms with Crippen LogP contribution in [0.1, 0.15) is 27.9 Å². The first-order chi connectivity index (χ1) is 16.0. The first-order valence-corrected chi connectivity index (χ1v) is 11.8. The third kappa shape index (κ3) is 6.04. The minimum Gasteiger partial charge on any atom is -0.345 e. The van der Waals surface area contributed by atoms with Gasteiger partial charge in [-0.05, 0) is 72.6 Å². The van der Waals surface area contributed by atoms with E-state index in [1.165, 1.54) is 22.4 Å². The van der Waals surface area contributed by atoms with Gasteiger partial charge in [-0.3, -0.25) is 0 Å². The van der Waals surface area contributed by atoms with Crippen molar-refractivity contribution in [2.24, 2.45) is 0 Å². The van der Waals surface area contributed by atoms with Crippen molar-refractivity contribution in [3.05, 3.63) is 124 Å². The monoisotopic (exact) mass is 473 g/mol. The molecule has 0 aliphatic carbocycles. The molecule has 0 aliphatic heterocycles. The molecule has 0 atom stereocenters. The van der Waals surface area contributed by atoms with Crippen LogP contribution in [0.2, 0.25) is 5.02 Å². The number of thiocarbonyl (C=S) groups is 1. The summed E-state index contributed by atoms with van der Waals surface area (Å²) in [5, 5.41) is 4.98. The van der Waals surface area contributed by atoms with E-state index in [9.17, 15) is 0 Å². The van der Waals surface area contributed by atoms with Crippen LogP contribution in [0.3, 0.4) is 0 Å². The highest BCUT2D eigenvalue weighted by Gasteiger charge is 2.15. The summed E-state index contributed by atoms with van der Waals surface area (Å²) in [4.78, 5) is 2.21. The third-order valence-corrected chi connectivity index (χ3v) is 6.44. The zero-order chi connectivity index (χ0) is 23.2. The molecule has 33 heavy (non-hydrogen) atoms. The number of hydrogen-bond donors (Lipinski definition) is 1. The molecule has 4 rings (SSSR count). The molecule has 0 amide bonds. The second-order valence-electron chi connectivity index (χ2n) is 8.31. The Hall–Kier alpha value is -3.08. The second-order valence-corrected chi connectivity index (χ2v) is 9.10. The molecule has 0 saturated heterocycles. The van der Waals surface area contributed by atoms with Crippen molar-refractivity contribution < 1.29 is 0 Å². The second kappa shape index (κ2) is 10.7. The van der Waals surface area contributed by atoms with Crippen LogP contribution >= 0.6 is 23.8 Å². The smallest absolute Gasteiger partial charge is 0.174 e. The number of benzene rings is 3. The first-order valence-electron chi connectivity index (χ1n) is 11.0. The van der Waals surface area contributed by atoms with E-state index < -0.39 is 0 Å². The number of halogens is 1. The van der Waals surface area contributed by atoms with Gasteiger partial charge in [0.15, 0.2) is 5.11 Å². The molecule has 4 aromatic rings. The maximum atomic E-state index is 6.42. The van der Waals surface area contributed by atoms with E-state index in [0.717, 1.165) is 29.4 Å². The predicted molar refractivity (Wildman–Crippen MR) is 143 cm³/mol. The van der Waals surface area contributed by atoms with Gasteiger partial charge in [0.1, 0.15) is 0 Å². The molecular weight excluding hydrogens is 446 g/mol. The fraction of sp³-hybridized carbons (Fsp3) is 0.179. The molecule has 0 unspecified atom stereocenters. The van der Waals surface area contributed by atoms with Crippen molar-refractivity contribution >= 4 is 34.6 Å². The van der Waals surface area contributed by atoms with Gasteiger partial charge in [-0.1, -0.05) is 72.3 Å². The minimum atomic E-state index is 0.684. The van der Waals surface area contributed by atoms with Crippen molar-refractivity contribution in [2.45, 2.75) is 33.5 Å². The molecule has 3 aromatic carbocycles. The van der Waals surface area contributed by atoms with Gasteiger partial charge in [-0.25, -0.2) is 0 Å². The maximum absolute atomic E-state index is 6.42. The molecule has 0 fully saturated rings. The lowest BCUT2D eigenvalue weighted by atomic mass is 10.1. The SMILES string of the molecule is Cc1ccc(C)c(NC(=S)N(Cc2ccccc2)Cc2cccn2Cc2ccccc2Cl)c1. The number of nitrogens with one attached hydrogen (secondary N) is 1. The van der Waals surface area contributed by atoms with Crippen LogP contribution in [0.25, 0.3) is 0 Å². The summed E-state index contributed by atoms with van der Waals surface area (Å²) >= 11 is 12.3. The summed E-state index contributed by atoms with van der Waals surface area (Å²) < 4.78 is 2.24. The molecule has 0 aliphatic rings. The lowest BCUT2D eigenvalue weighted by Crippen LogP contribution is -2.34. The van der Waals surface area contributed by atoms with Gasteiger partial charge >= 0.3 is 0 Å². The molecule has 0 spiro atoms. The van der Waals surface area contributed by atoms with Crippen LogP contribution in [-0.4, -0.2) is 14.6 Å². The number of aromatic nitrogens is 1. The number of nitrogens with zero attached hydrogens (tertiary/aromatic N) is 2. The number of hydrogen-bond acceptors (Lipinski definition) is 1. The first kappa shape index (κ1) is 23.1. The lowest BCUT2D eigenvalue weighted by Gasteiger charge is -2.27. The summed E-state index contributed by atoms with van der Waals surface area (Å²) in [7, 11) is 0. The Bertz CT molecular complexity index is 1230. The summed E-state index contributed by atoms with van der Waals surface area (Å²) in [6.07, 6.45) is 2.10. The van der Waals surface area contributed by atoms with Gasteiger partial charge in [-0.2, -0.15) is 0 Å². The number of aryl methyl sites for hydroxylation is 2. The number of anilines is 1. The molecule has 1 aromatic heterocycles. The average molecular weight is 474 g/mol. The van der Waals surface area contributed by atoms with E-state index in [1.807, 2.05) is 24.3 Å². The van der Waals surface area contributed by atoms with E-state index in [4.69, 9.17) is 23.8 Å². The molecule has 168 valence electrons. The topological polar surface area (TPSA) is 20.2 Å². The lowest BCUT2D eigenvalue weighted by molar-refractivity contribution is 0.399. The van der Waals surface area contributed by atoms with Crippen molar-refractivity contribution in [1.82, 2.24) is 9.47 Å². The molecule has 5 heteroatoms. The fourth-order valence-electron chi connectivity index (χ4n) is 3.82. The van der Waals surface area contributed by atoms with Crippen LogP contribution in [0.15, 0.2) is 91.1 Å². The summed E-state index contributed by atoms with van der Waals surface area (Å²) in [5.41, 5.74) is 6.91. The molecule has 3 nitrogen and oxygen atoms in total. The third-order valence-electron chi connectivity index (χ3n) is 5.71. The van der Waals surface area contributed by atoms with E-state index in [0.29, 0.717) is 11.7 Å². The molecular formula is C28H28ClN3S. The van der Waals surface area contributed by atoms with Crippen LogP contribution in [-0.2, 0) is 19.6 Å². The van der Waals surface area contributed by atoms with Crippen LogP contribution in [0, 0.1) is 13.8 Å². The zero-order valence-corrected chi connectivity index (χ0v) is 20.5. The normalized spacial score (nSPS) is 10.8. The van der Waals surface area contributed by atoms with Crippen molar-refractivity contribution in [2.75, 3.05) is 5.32 Å². The predicted octanol–water partition coefficient (Wildman–Crippen LogP) is 7.21. The molecule has 1 heterocycles. The average Bonchev–Trinajstić information content (AvgIpc) is 3.24. The number of rotatable bonds is 7. The molecule has 0 radical (unpaired) electrons. The highest BCUT2D eigenvalue weighted by Crippen LogP contribution is 2.21. The van der Waals surface area contributed by atoms with Gasteiger partial charge in [0.05, 0.1) is 6.54 Å². The Kier molecular flexibility index (Phi) is 7.48. The van der Waals surface area contributed by atoms with Crippen LogP contribution < -0.4 is 5.32 Å². The Morgan fingerprint density at radius 2 is 1.67 bits per heavy atom. The van der Waals surface area contributed by atoms with Gasteiger partial charge in [0.2, 0.25) is 0 Å². The van der Waals surface area contributed by atoms with Crippen LogP contribution in [0.5, 0.6) is 0 Å². The van der Waals surface area contributed by atoms with Crippen molar-refractivity contribution in [3.63, 3.8) is 0 Å². The van der Waals surface area contributed by atoms with E-state index >= 15 is 0 Å². The van der Waals surface area contributed by atoms with Crippen LogP contribution in [0.4, 0.5) is 5.69 Å². The van der Waals surface area contributed by atoms with Gasteiger partial charge < -0.3 is 14.8 Å². The minimum absolute atomic E-state index is 0.684. The molecule has 0 saturated carbocycles. The summed E-state index contributed by atoms with van der Waals surface area (Å²) in [6, 6.07) is 29.0. The Labute approximate surface area is 206 Å². The Balaban J connectivity index is 1.58. The Morgan fingerprint density at radius 3 is 2.45 bits per heavy atom. The maximum Gasteiger partial charge on any atom is 0.174 e. The quantitative estimate of drug-likeness (QED) is 0.286. The highest BCUT2D eigenvalue weighted by molar-refractivity contribution is 7.80. The molecule has 0 bridgehead atoms. The van der Waals surface area contributed by atoms with Gasteiger partial charge in [0, 0.05) is 35.7 Å². The van der Waals surface area contributed by atoms with Gasteiger partial charge in [-0.15, -0.1) is 0 Å². The van der Waals surface area contributed by atoms with Crippen molar-refractivity contribution in [3.8, 4) is 0 Å². The molecule has 1 N–H and O–H groups in total. The van der Waals surface area contributed by atoms with Crippen molar-refractivity contribution in [1.29, 1.82) is 0 Å². The zero-order valence-electron chi connectivity index (χ0n) is 19.0.